The molecule has 0 bridgehead atoms. The predicted octanol–water partition coefficient (Wildman–Crippen LogP) is 0.478. The van der Waals surface area contributed by atoms with E-state index < -0.39 is 18.0 Å². The van der Waals surface area contributed by atoms with E-state index in [1.165, 1.54) is 25.3 Å². The summed E-state index contributed by atoms with van der Waals surface area (Å²) in [7, 11) is 1.39. The van der Waals surface area contributed by atoms with Crippen LogP contribution in [-0.2, 0) is 4.79 Å². The number of hydrogen-bond acceptors (Lipinski definition) is 4. The van der Waals surface area contributed by atoms with E-state index in [1.807, 2.05) is 0 Å². The third-order valence-corrected chi connectivity index (χ3v) is 2.09. The molecule has 0 saturated heterocycles. The minimum Gasteiger partial charge on any atom is -0.497 e. The Hall–Kier alpha value is -2.08. The summed E-state index contributed by atoms with van der Waals surface area (Å²) in [6, 6.07) is 2.62. The number of nitrogens with two attached hydrogens (primary N) is 1. The van der Waals surface area contributed by atoms with Crippen LogP contribution in [0.1, 0.15) is 22.0 Å². The number of carboxylic acids is 2. The molecule has 0 amide bonds. The average Bonchev–Trinajstić information content (AvgIpc) is 2.26. The van der Waals surface area contributed by atoms with Gasteiger partial charge in [0.2, 0.25) is 0 Å². The molecule has 0 fully saturated rings. The Bertz CT molecular complexity index is 429. The molecule has 1 aromatic rings. The van der Waals surface area contributed by atoms with E-state index in [1.54, 1.807) is 0 Å². The lowest BCUT2D eigenvalue weighted by molar-refractivity contribution is -0.138. The molecule has 0 aliphatic heterocycles. The second kappa shape index (κ2) is 4.63. The second-order valence-corrected chi connectivity index (χ2v) is 3.07. The molecule has 1 rings (SSSR count). The quantitative estimate of drug-likeness (QED) is 0.687. The van der Waals surface area contributed by atoms with Crippen LogP contribution in [-0.4, -0.2) is 29.3 Å². The second-order valence-electron chi connectivity index (χ2n) is 3.07. The third kappa shape index (κ3) is 2.29. The van der Waals surface area contributed by atoms with E-state index in [0.29, 0.717) is 5.75 Å². The number of aromatic carboxylic acids is 1. The lowest BCUT2D eigenvalue weighted by atomic mass is 10.0. The van der Waals surface area contributed by atoms with Gasteiger partial charge in [0.25, 0.3) is 0 Å². The van der Waals surface area contributed by atoms with E-state index >= 15 is 0 Å². The maximum absolute atomic E-state index is 10.9. The van der Waals surface area contributed by atoms with Gasteiger partial charge in [0, 0.05) is 0 Å². The minimum absolute atomic E-state index is 0.0133. The van der Waals surface area contributed by atoms with Crippen molar-refractivity contribution < 1.29 is 24.5 Å². The van der Waals surface area contributed by atoms with Crippen LogP contribution >= 0.6 is 0 Å². The van der Waals surface area contributed by atoms with Gasteiger partial charge < -0.3 is 20.7 Å². The first-order valence-corrected chi connectivity index (χ1v) is 4.37. The van der Waals surface area contributed by atoms with Crippen LogP contribution in [0.2, 0.25) is 0 Å². The van der Waals surface area contributed by atoms with Crippen LogP contribution in [0.3, 0.4) is 0 Å². The average molecular weight is 225 g/mol. The van der Waals surface area contributed by atoms with Crippen molar-refractivity contribution in [1.82, 2.24) is 0 Å². The van der Waals surface area contributed by atoms with Crippen molar-refractivity contribution in [1.29, 1.82) is 0 Å². The molecule has 0 heterocycles. The van der Waals surface area contributed by atoms with Crippen LogP contribution < -0.4 is 10.5 Å². The molecule has 86 valence electrons. The molecule has 0 aliphatic carbocycles. The van der Waals surface area contributed by atoms with E-state index in [2.05, 4.69) is 0 Å². The molecule has 0 aromatic heterocycles. The number of carbonyl (C=O) groups is 2. The van der Waals surface area contributed by atoms with Gasteiger partial charge in [0.05, 0.1) is 12.7 Å². The van der Waals surface area contributed by atoms with Crippen molar-refractivity contribution >= 4 is 11.9 Å². The third-order valence-electron chi connectivity index (χ3n) is 2.09. The van der Waals surface area contributed by atoms with Crippen LogP contribution in [0.5, 0.6) is 5.75 Å². The molecular formula is C10H11NO5. The summed E-state index contributed by atoms with van der Waals surface area (Å²) in [5.41, 5.74) is 5.25. The molecule has 0 unspecified atom stereocenters. The van der Waals surface area contributed by atoms with E-state index in [4.69, 9.17) is 20.7 Å². The monoisotopic (exact) mass is 225 g/mol. The van der Waals surface area contributed by atoms with E-state index in [0.717, 1.165) is 0 Å². The van der Waals surface area contributed by atoms with Gasteiger partial charge in [0.15, 0.2) is 0 Å². The SMILES string of the molecule is COc1ccc(C(=O)O)c([C@H](N)C(=O)O)c1. The Kier molecular flexibility index (Phi) is 3.47. The van der Waals surface area contributed by atoms with Crippen molar-refractivity contribution in [2.45, 2.75) is 6.04 Å². The van der Waals surface area contributed by atoms with Crippen molar-refractivity contribution in [3.05, 3.63) is 29.3 Å². The highest BCUT2D eigenvalue weighted by Crippen LogP contribution is 2.22. The summed E-state index contributed by atoms with van der Waals surface area (Å²) in [6.45, 7) is 0. The number of rotatable bonds is 4. The molecule has 6 heteroatoms. The highest BCUT2D eigenvalue weighted by Gasteiger charge is 2.21. The fourth-order valence-electron chi connectivity index (χ4n) is 1.25. The molecular weight excluding hydrogens is 214 g/mol. The summed E-state index contributed by atoms with van der Waals surface area (Å²) in [6.07, 6.45) is 0. The predicted molar refractivity (Wildman–Crippen MR) is 54.5 cm³/mol. The molecule has 0 spiro atoms. The van der Waals surface area contributed by atoms with Gasteiger partial charge >= 0.3 is 11.9 Å². The summed E-state index contributed by atoms with van der Waals surface area (Å²) < 4.78 is 4.88. The molecule has 1 aromatic carbocycles. The normalized spacial score (nSPS) is 11.9. The van der Waals surface area contributed by atoms with Gasteiger partial charge in [-0.05, 0) is 23.8 Å². The van der Waals surface area contributed by atoms with Gasteiger partial charge in [-0.2, -0.15) is 0 Å². The number of ether oxygens (including phenoxy) is 1. The smallest absolute Gasteiger partial charge is 0.336 e. The van der Waals surface area contributed by atoms with Gasteiger partial charge in [-0.25, -0.2) is 4.79 Å². The van der Waals surface area contributed by atoms with Crippen molar-refractivity contribution in [2.24, 2.45) is 5.73 Å². The summed E-state index contributed by atoms with van der Waals surface area (Å²) in [5.74, 6) is -2.16. The summed E-state index contributed by atoms with van der Waals surface area (Å²) >= 11 is 0. The number of benzene rings is 1. The summed E-state index contributed by atoms with van der Waals surface area (Å²) in [5, 5.41) is 17.6. The Morgan fingerprint density at radius 1 is 1.38 bits per heavy atom. The number of methoxy groups -OCH3 is 1. The maximum Gasteiger partial charge on any atom is 0.336 e. The molecule has 4 N–H and O–H groups in total. The van der Waals surface area contributed by atoms with Crippen LogP contribution in [0.25, 0.3) is 0 Å². The molecule has 1 atom stereocenters. The van der Waals surface area contributed by atoms with Crippen LogP contribution in [0.15, 0.2) is 18.2 Å². The van der Waals surface area contributed by atoms with Crippen molar-refractivity contribution in [2.75, 3.05) is 7.11 Å². The fraction of sp³-hybridized carbons (Fsp3) is 0.200. The number of carboxylic acid groups (broad SMARTS) is 2. The molecule has 16 heavy (non-hydrogen) atoms. The Balaban J connectivity index is 3.30. The largest absolute Gasteiger partial charge is 0.497 e. The van der Waals surface area contributed by atoms with Gasteiger partial charge in [0.1, 0.15) is 11.8 Å². The van der Waals surface area contributed by atoms with Crippen molar-refractivity contribution in [3.63, 3.8) is 0 Å². The Morgan fingerprint density at radius 3 is 2.44 bits per heavy atom. The van der Waals surface area contributed by atoms with E-state index in [-0.39, 0.29) is 11.1 Å². The highest BCUT2D eigenvalue weighted by atomic mass is 16.5. The summed E-state index contributed by atoms with van der Waals surface area (Å²) in [4.78, 5) is 21.6. The Labute approximate surface area is 91.3 Å². The Morgan fingerprint density at radius 2 is 2.00 bits per heavy atom. The molecule has 6 nitrogen and oxygen atoms in total. The van der Waals surface area contributed by atoms with Crippen molar-refractivity contribution in [3.8, 4) is 5.75 Å². The standard InChI is InChI=1S/C10H11NO5/c1-16-5-2-3-6(9(12)13)7(4-5)8(11)10(14)15/h2-4,8H,11H2,1H3,(H,12,13)(H,14,15)/t8-/m0/s1. The maximum atomic E-state index is 10.9. The molecule has 0 saturated carbocycles. The number of hydrogen-bond donors (Lipinski definition) is 3. The van der Waals surface area contributed by atoms with Gasteiger partial charge in [-0.3, -0.25) is 4.79 Å². The van der Waals surface area contributed by atoms with Crippen LogP contribution in [0.4, 0.5) is 0 Å². The lowest BCUT2D eigenvalue weighted by Crippen LogP contribution is -2.23. The first-order chi connectivity index (χ1) is 7.47. The van der Waals surface area contributed by atoms with Gasteiger partial charge in [-0.15, -0.1) is 0 Å². The van der Waals surface area contributed by atoms with Crippen LogP contribution in [0, 0.1) is 0 Å². The fourth-order valence-corrected chi connectivity index (χ4v) is 1.25. The zero-order valence-corrected chi connectivity index (χ0v) is 8.51. The van der Waals surface area contributed by atoms with Gasteiger partial charge in [-0.1, -0.05) is 0 Å². The topological polar surface area (TPSA) is 110 Å². The first-order valence-electron chi connectivity index (χ1n) is 4.37. The first kappa shape index (κ1) is 12.0. The highest BCUT2D eigenvalue weighted by molar-refractivity contribution is 5.92. The zero-order valence-electron chi connectivity index (χ0n) is 8.51. The van der Waals surface area contributed by atoms with E-state index in [9.17, 15) is 9.59 Å². The molecule has 0 radical (unpaired) electrons. The lowest BCUT2D eigenvalue weighted by Gasteiger charge is -2.11. The minimum atomic E-state index is -1.39. The zero-order chi connectivity index (χ0) is 12.3. The number of aliphatic carboxylic acids is 1. The molecule has 0 aliphatic rings.